The zero-order valence-electron chi connectivity index (χ0n) is 9.86. The van der Waals surface area contributed by atoms with E-state index in [4.69, 9.17) is 10.5 Å². The second-order valence-corrected chi connectivity index (χ2v) is 3.32. The van der Waals surface area contributed by atoms with Crippen LogP contribution in [0.4, 0.5) is 5.69 Å². The molecule has 0 aliphatic heterocycles. The fourth-order valence-corrected chi connectivity index (χ4v) is 1.26. The Morgan fingerprint density at radius 3 is 2.81 bits per heavy atom. The summed E-state index contributed by atoms with van der Waals surface area (Å²) in [6.45, 7) is 5.37. The fourth-order valence-electron chi connectivity index (χ4n) is 1.26. The molecule has 4 nitrogen and oxygen atoms in total. The van der Waals surface area contributed by atoms with E-state index in [9.17, 15) is 0 Å². The van der Waals surface area contributed by atoms with Gasteiger partial charge in [-0.1, -0.05) is 19.1 Å². The molecule has 0 aromatic heterocycles. The third-order valence-corrected chi connectivity index (χ3v) is 1.96. The Hall–Kier alpha value is -1.71. The number of nitrogens with two attached hydrogens (primary N) is 1. The molecule has 0 saturated carbocycles. The van der Waals surface area contributed by atoms with Crippen LogP contribution in [0.15, 0.2) is 29.3 Å². The largest absolute Gasteiger partial charge is 0.492 e. The Labute approximate surface area is 96.5 Å². The SMILES string of the molecule is CCCN=C(N)Nc1ccccc1OCC. The molecule has 88 valence electrons. The summed E-state index contributed by atoms with van der Waals surface area (Å²) in [5, 5.41) is 3.03. The predicted molar refractivity (Wildman–Crippen MR) is 68.0 cm³/mol. The van der Waals surface area contributed by atoms with E-state index < -0.39 is 0 Å². The van der Waals surface area contributed by atoms with Gasteiger partial charge < -0.3 is 15.8 Å². The quantitative estimate of drug-likeness (QED) is 0.592. The van der Waals surface area contributed by atoms with Crippen LogP contribution in [-0.4, -0.2) is 19.1 Å². The minimum Gasteiger partial charge on any atom is -0.492 e. The Bertz CT molecular complexity index is 350. The van der Waals surface area contributed by atoms with Gasteiger partial charge in [0.1, 0.15) is 5.75 Å². The van der Waals surface area contributed by atoms with Gasteiger partial charge in [0.2, 0.25) is 0 Å². The summed E-state index contributed by atoms with van der Waals surface area (Å²) in [4.78, 5) is 4.17. The fraction of sp³-hybridized carbons (Fsp3) is 0.417. The first-order valence-electron chi connectivity index (χ1n) is 5.56. The number of para-hydroxylation sites is 2. The van der Waals surface area contributed by atoms with Crippen molar-refractivity contribution in [2.24, 2.45) is 10.7 Å². The van der Waals surface area contributed by atoms with Crippen molar-refractivity contribution in [2.75, 3.05) is 18.5 Å². The van der Waals surface area contributed by atoms with Crippen LogP contribution < -0.4 is 15.8 Å². The molecule has 4 heteroatoms. The van der Waals surface area contributed by atoms with Crippen LogP contribution in [0.2, 0.25) is 0 Å². The lowest BCUT2D eigenvalue weighted by Gasteiger charge is -2.11. The number of benzene rings is 1. The van der Waals surface area contributed by atoms with E-state index in [0.717, 1.165) is 24.4 Å². The zero-order chi connectivity index (χ0) is 11.8. The molecule has 0 radical (unpaired) electrons. The highest BCUT2D eigenvalue weighted by atomic mass is 16.5. The van der Waals surface area contributed by atoms with E-state index in [2.05, 4.69) is 17.2 Å². The standard InChI is InChI=1S/C12H19N3O/c1-3-9-14-12(13)15-10-7-5-6-8-11(10)16-4-2/h5-8H,3-4,9H2,1-2H3,(H3,13,14,15). The molecule has 0 atom stereocenters. The average molecular weight is 221 g/mol. The summed E-state index contributed by atoms with van der Waals surface area (Å²) in [6.07, 6.45) is 0.982. The number of ether oxygens (including phenoxy) is 1. The van der Waals surface area contributed by atoms with Crippen LogP contribution in [0.5, 0.6) is 5.75 Å². The molecule has 0 spiro atoms. The highest BCUT2D eigenvalue weighted by Gasteiger charge is 2.02. The molecular formula is C12H19N3O. The monoisotopic (exact) mass is 221 g/mol. The van der Waals surface area contributed by atoms with Crippen molar-refractivity contribution < 1.29 is 4.74 Å². The summed E-state index contributed by atoms with van der Waals surface area (Å²) in [7, 11) is 0. The lowest BCUT2D eigenvalue weighted by molar-refractivity contribution is 0.342. The first kappa shape index (κ1) is 12.4. The molecule has 0 amide bonds. The van der Waals surface area contributed by atoms with Crippen LogP contribution in [0, 0.1) is 0 Å². The van der Waals surface area contributed by atoms with Crippen LogP contribution in [0.3, 0.4) is 0 Å². The molecule has 16 heavy (non-hydrogen) atoms. The number of hydrogen-bond acceptors (Lipinski definition) is 2. The van der Waals surface area contributed by atoms with E-state index in [0.29, 0.717) is 12.6 Å². The van der Waals surface area contributed by atoms with Crippen molar-refractivity contribution in [1.82, 2.24) is 0 Å². The van der Waals surface area contributed by atoms with E-state index in [-0.39, 0.29) is 0 Å². The van der Waals surface area contributed by atoms with Crippen LogP contribution >= 0.6 is 0 Å². The van der Waals surface area contributed by atoms with Gasteiger partial charge in [0.25, 0.3) is 0 Å². The Morgan fingerprint density at radius 2 is 2.12 bits per heavy atom. The van der Waals surface area contributed by atoms with Gasteiger partial charge in [-0.05, 0) is 25.5 Å². The first-order valence-corrected chi connectivity index (χ1v) is 5.56. The molecule has 3 N–H and O–H groups in total. The Balaban J connectivity index is 2.72. The maximum Gasteiger partial charge on any atom is 0.193 e. The average Bonchev–Trinajstić information content (AvgIpc) is 2.29. The predicted octanol–water partition coefficient (Wildman–Crippen LogP) is 2.22. The van der Waals surface area contributed by atoms with E-state index in [1.807, 2.05) is 31.2 Å². The van der Waals surface area contributed by atoms with E-state index in [1.54, 1.807) is 0 Å². The number of hydrogen-bond donors (Lipinski definition) is 2. The summed E-state index contributed by atoms with van der Waals surface area (Å²) >= 11 is 0. The Morgan fingerprint density at radius 1 is 1.38 bits per heavy atom. The molecule has 1 rings (SSSR count). The molecule has 0 fully saturated rings. The van der Waals surface area contributed by atoms with Gasteiger partial charge in [0, 0.05) is 6.54 Å². The lowest BCUT2D eigenvalue weighted by atomic mass is 10.3. The second-order valence-electron chi connectivity index (χ2n) is 3.32. The molecule has 1 aromatic rings. The minimum atomic E-state index is 0.425. The molecule has 0 aliphatic carbocycles. The van der Waals surface area contributed by atoms with Crippen molar-refractivity contribution in [1.29, 1.82) is 0 Å². The number of anilines is 1. The first-order chi connectivity index (χ1) is 7.77. The van der Waals surface area contributed by atoms with Gasteiger partial charge >= 0.3 is 0 Å². The van der Waals surface area contributed by atoms with Crippen molar-refractivity contribution in [2.45, 2.75) is 20.3 Å². The topological polar surface area (TPSA) is 59.6 Å². The van der Waals surface area contributed by atoms with Gasteiger partial charge in [-0.15, -0.1) is 0 Å². The third-order valence-electron chi connectivity index (χ3n) is 1.96. The van der Waals surface area contributed by atoms with Gasteiger partial charge in [0.15, 0.2) is 5.96 Å². The number of nitrogens with one attached hydrogen (secondary N) is 1. The molecule has 0 aliphatic rings. The van der Waals surface area contributed by atoms with Crippen molar-refractivity contribution in [3.63, 3.8) is 0 Å². The zero-order valence-corrected chi connectivity index (χ0v) is 9.86. The second kappa shape index (κ2) is 6.71. The van der Waals surface area contributed by atoms with Crippen LogP contribution in [0.25, 0.3) is 0 Å². The molecular weight excluding hydrogens is 202 g/mol. The minimum absolute atomic E-state index is 0.425. The van der Waals surface area contributed by atoms with Crippen LogP contribution in [0.1, 0.15) is 20.3 Å². The van der Waals surface area contributed by atoms with Gasteiger partial charge in [-0.2, -0.15) is 0 Å². The highest BCUT2D eigenvalue weighted by molar-refractivity contribution is 5.93. The number of nitrogens with zero attached hydrogens (tertiary/aromatic N) is 1. The lowest BCUT2D eigenvalue weighted by Crippen LogP contribution is -2.23. The number of aliphatic imine (C=N–C) groups is 1. The number of rotatable bonds is 5. The summed E-state index contributed by atoms with van der Waals surface area (Å²) in [5.41, 5.74) is 6.59. The molecule has 0 bridgehead atoms. The van der Waals surface area contributed by atoms with Crippen molar-refractivity contribution in [3.8, 4) is 5.75 Å². The van der Waals surface area contributed by atoms with E-state index in [1.165, 1.54) is 0 Å². The molecule has 0 heterocycles. The smallest absolute Gasteiger partial charge is 0.193 e. The summed E-state index contributed by atoms with van der Waals surface area (Å²) in [5.74, 6) is 1.22. The highest BCUT2D eigenvalue weighted by Crippen LogP contribution is 2.23. The molecule has 0 saturated heterocycles. The summed E-state index contributed by atoms with van der Waals surface area (Å²) < 4.78 is 5.47. The maximum atomic E-state index is 5.74. The van der Waals surface area contributed by atoms with E-state index >= 15 is 0 Å². The van der Waals surface area contributed by atoms with Gasteiger partial charge in [0.05, 0.1) is 12.3 Å². The number of guanidine groups is 1. The van der Waals surface area contributed by atoms with Crippen molar-refractivity contribution >= 4 is 11.6 Å². The van der Waals surface area contributed by atoms with Crippen LogP contribution in [-0.2, 0) is 0 Å². The molecule has 0 unspecified atom stereocenters. The third kappa shape index (κ3) is 3.81. The van der Waals surface area contributed by atoms with Gasteiger partial charge in [-0.25, -0.2) is 0 Å². The van der Waals surface area contributed by atoms with Crippen molar-refractivity contribution in [3.05, 3.63) is 24.3 Å². The normalized spacial score (nSPS) is 11.2. The Kier molecular flexibility index (Phi) is 5.19. The summed E-state index contributed by atoms with van der Waals surface area (Å²) in [6, 6.07) is 7.67. The maximum absolute atomic E-state index is 5.74. The molecule has 1 aromatic carbocycles. The van der Waals surface area contributed by atoms with Gasteiger partial charge in [-0.3, -0.25) is 4.99 Å².